The number of furan rings is 1. The molecule has 2 aromatic rings. The number of nitrogens with one attached hydrogen (secondary N) is 1. The predicted octanol–water partition coefficient (Wildman–Crippen LogP) is 1.74. The minimum atomic E-state index is -1.06. The van der Waals surface area contributed by atoms with Crippen molar-refractivity contribution in [3.8, 4) is 11.3 Å². The molecule has 0 aliphatic carbocycles. The van der Waals surface area contributed by atoms with Crippen molar-refractivity contribution in [1.29, 1.82) is 0 Å². The molecule has 126 valence electrons. The molecule has 1 aromatic heterocycles. The zero-order valence-corrected chi connectivity index (χ0v) is 13.0. The monoisotopic (exact) mass is 340 g/mol. The fraction of sp³-hybridized carbons (Fsp3) is 0.0588. The Balaban J connectivity index is 1.93. The first kappa shape index (κ1) is 16.2. The Morgan fingerprint density at radius 1 is 1.20 bits per heavy atom. The van der Waals surface area contributed by atoms with Gasteiger partial charge in [0.05, 0.1) is 5.56 Å². The van der Waals surface area contributed by atoms with Crippen LogP contribution in [0.5, 0.6) is 0 Å². The number of carboxylic acid groups (broad SMARTS) is 1. The third-order valence-corrected chi connectivity index (χ3v) is 3.61. The molecule has 0 saturated carbocycles. The molecule has 1 fully saturated rings. The van der Waals surface area contributed by atoms with Gasteiger partial charge in [-0.15, -0.1) is 0 Å². The number of benzene rings is 1. The Labute approximate surface area is 141 Å². The van der Waals surface area contributed by atoms with Gasteiger partial charge in [0.15, 0.2) is 0 Å². The molecule has 0 radical (unpaired) electrons. The number of likely N-dealkylation sites (N-methyl/N-ethyl adjacent to an activating group) is 1. The van der Waals surface area contributed by atoms with Crippen molar-refractivity contribution in [1.82, 2.24) is 10.2 Å². The van der Waals surface area contributed by atoms with Crippen LogP contribution in [-0.4, -0.2) is 40.9 Å². The van der Waals surface area contributed by atoms with E-state index in [1.165, 1.54) is 31.3 Å². The van der Waals surface area contributed by atoms with Gasteiger partial charge >= 0.3 is 12.0 Å². The van der Waals surface area contributed by atoms with E-state index in [2.05, 4.69) is 0 Å². The van der Waals surface area contributed by atoms with E-state index >= 15 is 0 Å². The Morgan fingerprint density at radius 2 is 1.96 bits per heavy atom. The molecule has 1 aliphatic rings. The van der Waals surface area contributed by atoms with Crippen molar-refractivity contribution in [3.05, 3.63) is 53.3 Å². The molecule has 1 aromatic carbocycles. The van der Waals surface area contributed by atoms with E-state index in [1.54, 1.807) is 18.2 Å². The largest absolute Gasteiger partial charge is 0.478 e. The standard InChI is InChI=1S/C17H12N2O6/c1-19-15(21)12(14(20)18-17(19)24)8-11-5-6-13(25-11)9-3-2-4-10(7-9)16(22)23/h2-8H,1H3,(H,22,23)(H,18,20,24). The molecular weight excluding hydrogens is 328 g/mol. The van der Waals surface area contributed by atoms with Crippen LogP contribution in [0.2, 0.25) is 0 Å². The summed E-state index contributed by atoms with van der Waals surface area (Å²) in [4.78, 5) is 47.0. The molecular formula is C17H12N2O6. The van der Waals surface area contributed by atoms with Gasteiger partial charge < -0.3 is 9.52 Å². The molecule has 4 amide bonds. The van der Waals surface area contributed by atoms with Crippen LogP contribution in [0.1, 0.15) is 16.1 Å². The van der Waals surface area contributed by atoms with Crippen LogP contribution in [0.4, 0.5) is 4.79 Å². The number of carboxylic acids is 1. The van der Waals surface area contributed by atoms with Crippen LogP contribution in [0.3, 0.4) is 0 Å². The topological polar surface area (TPSA) is 117 Å². The summed E-state index contributed by atoms with van der Waals surface area (Å²) in [6, 6.07) is 8.49. The van der Waals surface area contributed by atoms with Gasteiger partial charge in [-0.1, -0.05) is 12.1 Å². The van der Waals surface area contributed by atoms with Gasteiger partial charge in [0.2, 0.25) is 0 Å². The smallest absolute Gasteiger partial charge is 0.335 e. The fourth-order valence-corrected chi connectivity index (χ4v) is 2.28. The number of nitrogens with zero attached hydrogens (tertiary/aromatic N) is 1. The second-order valence-corrected chi connectivity index (χ2v) is 5.27. The highest BCUT2D eigenvalue weighted by Gasteiger charge is 2.33. The molecule has 1 aliphatic heterocycles. The van der Waals surface area contributed by atoms with Gasteiger partial charge in [0.1, 0.15) is 17.1 Å². The zero-order chi connectivity index (χ0) is 18.1. The van der Waals surface area contributed by atoms with E-state index in [-0.39, 0.29) is 16.9 Å². The van der Waals surface area contributed by atoms with Gasteiger partial charge in [0.25, 0.3) is 11.8 Å². The van der Waals surface area contributed by atoms with Crippen molar-refractivity contribution in [2.45, 2.75) is 0 Å². The summed E-state index contributed by atoms with van der Waals surface area (Å²) in [7, 11) is 1.25. The number of carbonyl (C=O) groups excluding carboxylic acids is 3. The molecule has 0 atom stereocenters. The van der Waals surface area contributed by atoms with Crippen LogP contribution < -0.4 is 5.32 Å². The highest BCUT2D eigenvalue weighted by atomic mass is 16.4. The molecule has 3 rings (SSSR count). The quantitative estimate of drug-likeness (QED) is 0.649. The van der Waals surface area contributed by atoms with E-state index < -0.39 is 23.8 Å². The molecule has 8 nitrogen and oxygen atoms in total. The summed E-state index contributed by atoms with van der Waals surface area (Å²) < 4.78 is 5.56. The number of hydrogen-bond donors (Lipinski definition) is 2. The summed E-state index contributed by atoms with van der Waals surface area (Å²) in [6.45, 7) is 0. The van der Waals surface area contributed by atoms with Crippen molar-refractivity contribution >= 4 is 29.9 Å². The van der Waals surface area contributed by atoms with E-state index in [0.717, 1.165) is 4.90 Å². The summed E-state index contributed by atoms with van der Waals surface area (Å²) in [5.74, 6) is -2.01. The number of rotatable bonds is 3. The summed E-state index contributed by atoms with van der Waals surface area (Å²) in [5, 5.41) is 11.1. The molecule has 2 N–H and O–H groups in total. The first-order valence-electron chi connectivity index (χ1n) is 7.15. The van der Waals surface area contributed by atoms with Crippen molar-refractivity contribution < 1.29 is 28.7 Å². The average molecular weight is 340 g/mol. The molecule has 2 heterocycles. The Morgan fingerprint density at radius 3 is 2.68 bits per heavy atom. The van der Waals surface area contributed by atoms with Crippen molar-refractivity contribution in [2.24, 2.45) is 0 Å². The normalized spacial score (nSPS) is 16.3. The molecule has 0 spiro atoms. The lowest BCUT2D eigenvalue weighted by atomic mass is 10.1. The van der Waals surface area contributed by atoms with Crippen LogP contribution in [0.15, 0.2) is 46.4 Å². The molecule has 25 heavy (non-hydrogen) atoms. The SMILES string of the molecule is CN1C(=O)NC(=O)C(=Cc2ccc(-c3cccc(C(=O)O)c3)o2)C1=O. The highest BCUT2D eigenvalue weighted by molar-refractivity contribution is 6.30. The second-order valence-electron chi connectivity index (χ2n) is 5.27. The third kappa shape index (κ3) is 3.05. The fourth-order valence-electron chi connectivity index (χ4n) is 2.28. The van der Waals surface area contributed by atoms with Crippen molar-refractivity contribution in [3.63, 3.8) is 0 Å². The lowest BCUT2D eigenvalue weighted by molar-refractivity contribution is -0.129. The molecule has 8 heteroatoms. The van der Waals surface area contributed by atoms with Crippen LogP contribution in [0.25, 0.3) is 17.4 Å². The van der Waals surface area contributed by atoms with Gasteiger partial charge in [-0.3, -0.25) is 19.8 Å². The highest BCUT2D eigenvalue weighted by Crippen LogP contribution is 2.25. The van der Waals surface area contributed by atoms with Gasteiger partial charge in [-0.25, -0.2) is 9.59 Å². The number of barbiturate groups is 1. The summed E-state index contributed by atoms with van der Waals surface area (Å²) >= 11 is 0. The zero-order valence-electron chi connectivity index (χ0n) is 13.0. The number of carbonyl (C=O) groups is 4. The number of hydrogen-bond acceptors (Lipinski definition) is 5. The maximum absolute atomic E-state index is 12.0. The second kappa shape index (κ2) is 6.08. The van der Waals surface area contributed by atoms with Gasteiger partial charge in [-0.2, -0.15) is 0 Å². The minimum absolute atomic E-state index is 0.107. The Bertz CT molecular complexity index is 940. The minimum Gasteiger partial charge on any atom is -0.478 e. The lowest BCUT2D eigenvalue weighted by Crippen LogP contribution is -2.52. The van der Waals surface area contributed by atoms with E-state index in [0.29, 0.717) is 11.3 Å². The predicted molar refractivity (Wildman–Crippen MR) is 85.4 cm³/mol. The van der Waals surface area contributed by atoms with Crippen LogP contribution in [0, 0.1) is 0 Å². The first-order valence-corrected chi connectivity index (χ1v) is 7.15. The molecule has 1 saturated heterocycles. The van der Waals surface area contributed by atoms with E-state index in [4.69, 9.17) is 9.52 Å². The van der Waals surface area contributed by atoms with Crippen molar-refractivity contribution in [2.75, 3.05) is 7.05 Å². The number of imide groups is 2. The van der Waals surface area contributed by atoms with Gasteiger partial charge in [-0.05, 0) is 30.3 Å². The maximum Gasteiger partial charge on any atom is 0.335 e. The number of aromatic carboxylic acids is 1. The van der Waals surface area contributed by atoms with Crippen LogP contribution in [-0.2, 0) is 9.59 Å². The first-order chi connectivity index (χ1) is 11.9. The Hall–Kier alpha value is -3.68. The summed E-state index contributed by atoms with van der Waals surface area (Å²) in [5.41, 5.74) is 0.411. The number of urea groups is 1. The average Bonchev–Trinajstić information content (AvgIpc) is 3.05. The van der Waals surface area contributed by atoms with Crippen LogP contribution >= 0.6 is 0 Å². The summed E-state index contributed by atoms with van der Waals surface area (Å²) in [6.07, 6.45) is 1.23. The maximum atomic E-state index is 12.0. The van der Waals surface area contributed by atoms with E-state index in [9.17, 15) is 19.2 Å². The third-order valence-electron chi connectivity index (χ3n) is 3.61. The number of amides is 4. The van der Waals surface area contributed by atoms with E-state index in [1.807, 2.05) is 5.32 Å². The Kier molecular flexibility index (Phi) is 3.94. The molecule has 0 bridgehead atoms. The lowest BCUT2D eigenvalue weighted by Gasteiger charge is -2.21. The van der Waals surface area contributed by atoms with Gasteiger partial charge in [0, 0.05) is 12.6 Å². The molecule has 0 unspecified atom stereocenters.